The minimum atomic E-state index is -1.14. The van der Waals surface area contributed by atoms with E-state index >= 15 is 0 Å². The van der Waals surface area contributed by atoms with E-state index in [-0.39, 0.29) is 12.1 Å². The highest BCUT2D eigenvalue weighted by Crippen LogP contribution is 2.22. The third kappa shape index (κ3) is 4.20. The third-order valence-corrected chi connectivity index (χ3v) is 3.45. The van der Waals surface area contributed by atoms with Gasteiger partial charge in [0.2, 0.25) is 0 Å². The second-order valence-electron chi connectivity index (χ2n) is 5.28. The zero-order valence-electron chi connectivity index (χ0n) is 12.4. The first-order valence-corrected chi connectivity index (χ1v) is 7.11. The van der Waals surface area contributed by atoms with E-state index in [0.29, 0.717) is 0 Å². The molecule has 1 aliphatic heterocycles. The van der Waals surface area contributed by atoms with Gasteiger partial charge in [0, 0.05) is 12.5 Å². The van der Waals surface area contributed by atoms with Gasteiger partial charge in [-0.2, -0.15) is 0 Å². The predicted molar refractivity (Wildman–Crippen MR) is 81.3 cm³/mol. The molecule has 0 spiro atoms. The standard InChI is InChI=1S/C17H21NO3/c1-13(21-14(2)19)5-6-15-7-9-16(10-8-15)17(20)11-3-4-12-18-17/h3-4,7-13,18,20H,5-6H2,1-2H3. The Morgan fingerprint density at radius 2 is 2.05 bits per heavy atom. The van der Waals surface area contributed by atoms with E-state index in [1.807, 2.05) is 43.3 Å². The molecule has 2 atom stereocenters. The number of nitrogens with one attached hydrogen (secondary N) is 1. The largest absolute Gasteiger partial charge is 0.463 e. The lowest BCUT2D eigenvalue weighted by Crippen LogP contribution is -2.38. The van der Waals surface area contributed by atoms with Crippen LogP contribution in [-0.4, -0.2) is 17.2 Å². The Kier molecular flexibility index (Phi) is 4.81. The van der Waals surface area contributed by atoms with E-state index in [2.05, 4.69) is 5.32 Å². The lowest BCUT2D eigenvalue weighted by atomic mass is 9.98. The van der Waals surface area contributed by atoms with Crippen molar-refractivity contribution >= 4 is 5.97 Å². The molecule has 1 aromatic carbocycles. The molecule has 112 valence electrons. The molecule has 2 N–H and O–H groups in total. The highest BCUT2D eigenvalue weighted by atomic mass is 16.5. The lowest BCUT2D eigenvalue weighted by Gasteiger charge is -2.27. The van der Waals surface area contributed by atoms with E-state index in [1.54, 1.807) is 12.3 Å². The minimum Gasteiger partial charge on any atom is -0.463 e. The SMILES string of the molecule is CC(=O)OC(C)CCc1ccc(C2(O)C=CC=CN2)cc1. The number of allylic oxidation sites excluding steroid dienone is 2. The van der Waals surface area contributed by atoms with Gasteiger partial charge in [-0.25, -0.2) is 0 Å². The average Bonchev–Trinajstić information content (AvgIpc) is 2.46. The van der Waals surface area contributed by atoms with Crippen molar-refractivity contribution in [2.75, 3.05) is 0 Å². The molecule has 21 heavy (non-hydrogen) atoms. The van der Waals surface area contributed by atoms with Gasteiger partial charge in [0.25, 0.3) is 0 Å². The number of hydrogen-bond donors (Lipinski definition) is 2. The van der Waals surface area contributed by atoms with Gasteiger partial charge in [0.15, 0.2) is 5.72 Å². The van der Waals surface area contributed by atoms with E-state index < -0.39 is 5.72 Å². The van der Waals surface area contributed by atoms with Gasteiger partial charge in [0.1, 0.15) is 0 Å². The molecule has 0 bridgehead atoms. The zero-order valence-corrected chi connectivity index (χ0v) is 12.4. The summed E-state index contributed by atoms with van der Waals surface area (Å²) in [7, 11) is 0. The van der Waals surface area contributed by atoms with Gasteiger partial charge in [-0.15, -0.1) is 0 Å². The number of carbonyl (C=O) groups excluding carboxylic acids is 1. The number of benzene rings is 1. The van der Waals surface area contributed by atoms with Crippen molar-refractivity contribution in [2.45, 2.75) is 38.5 Å². The Morgan fingerprint density at radius 1 is 1.33 bits per heavy atom. The van der Waals surface area contributed by atoms with Crippen molar-refractivity contribution in [2.24, 2.45) is 0 Å². The molecule has 2 rings (SSSR count). The van der Waals surface area contributed by atoms with Crippen LogP contribution in [-0.2, 0) is 21.7 Å². The number of esters is 1. The van der Waals surface area contributed by atoms with Crippen molar-refractivity contribution in [1.29, 1.82) is 0 Å². The number of hydrogen-bond acceptors (Lipinski definition) is 4. The van der Waals surface area contributed by atoms with Crippen molar-refractivity contribution in [3.05, 3.63) is 59.8 Å². The van der Waals surface area contributed by atoms with Crippen LogP contribution in [0.5, 0.6) is 0 Å². The number of aliphatic hydroxyl groups is 1. The lowest BCUT2D eigenvalue weighted by molar-refractivity contribution is -0.145. The van der Waals surface area contributed by atoms with Crippen molar-refractivity contribution in [3.63, 3.8) is 0 Å². The smallest absolute Gasteiger partial charge is 0.302 e. The zero-order chi connectivity index (χ0) is 15.3. The summed E-state index contributed by atoms with van der Waals surface area (Å²) < 4.78 is 5.10. The molecule has 0 saturated carbocycles. The molecule has 4 nitrogen and oxygen atoms in total. The van der Waals surface area contributed by atoms with Crippen LogP contribution < -0.4 is 5.32 Å². The maximum Gasteiger partial charge on any atom is 0.302 e. The molecule has 0 aromatic heterocycles. The molecule has 4 heteroatoms. The normalized spacial score (nSPS) is 21.7. The van der Waals surface area contributed by atoms with Gasteiger partial charge in [-0.3, -0.25) is 4.79 Å². The Balaban J connectivity index is 1.95. The van der Waals surface area contributed by atoms with E-state index in [0.717, 1.165) is 24.0 Å². The molecule has 0 amide bonds. The first-order chi connectivity index (χ1) is 9.99. The van der Waals surface area contributed by atoms with Crippen LogP contribution in [0.2, 0.25) is 0 Å². The Labute approximate surface area is 125 Å². The van der Waals surface area contributed by atoms with Gasteiger partial charge >= 0.3 is 5.97 Å². The minimum absolute atomic E-state index is 0.0838. The van der Waals surface area contributed by atoms with Crippen LogP contribution in [0.25, 0.3) is 0 Å². The predicted octanol–water partition coefficient (Wildman–Crippen LogP) is 2.39. The maximum atomic E-state index is 10.9. The van der Waals surface area contributed by atoms with E-state index in [9.17, 15) is 9.90 Å². The monoisotopic (exact) mass is 287 g/mol. The fraction of sp³-hybridized carbons (Fsp3) is 0.353. The first-order valence-electron chi connectivity index (χ1n) is 7.11. The van der Waals surface area contributed by atoms with Crippen LogP contribution in [0.1, 0.15) is 31.4 Å². The van der Waals surface area contributed by atoms with Gasteiger partial charge < -0.3 is 15.2 Å². The summed E-state index contributed by atoms with van der Waals surface area (Å²) in [5.74, 6) is -0.247. The molecule has 0 saturated heterocycles. The highest BCUT2D eigenvalue weighted by Gasteiger charge is 2.25. The fourth-order valence-electron chi connectivity index (χ4n) is 2.29. The summed E-state index contributed by atoms with van der Waals surface area (Å²) >= 11 is 0. The molecule has 1 heterocycles. The molecular weight excluding hydrogens is 266 g/mol. The fourth-order valence-corrected chi connectivity index (χ4v) is 2.29. The van der Waals surface area contributed by atoms with Crippen LogP contribution in [0, 0.1) is 0 Å². The topological polar surface area (TPSA) is 58.6 Å². The van der Waals surface area contributed by atoms with Crippen LogP contribution in [0.4, 0.5) is 0 Å². The van der Waals surface area contributed by atoms with Gasteiger partial charge in [-0.05, 0) is 43.7 Å². The molecule has 0 radical (unpaired) electrons. The first kappa shape index (κ1) is 15.3. The molecule has 2 unspecified atom stereocenters. The number of aryl methyl sites for hydroxylation is 1. The van der Waals surface area contributed by atoms with Crippen LogP contribution >= 0.6 is 0 Å². The molecule has 0 fully saturated rings. The second kappa shape index (κ2) is 6.59. The summed E-state index contributed by atoms with van der Waals surface area (Å²) in [5.41, 5.74) is 0.801. The Morgan fingerprint density at radius 3 is 2.62 bits per heavy atom. The van der Waals surface area contributed by atoms with Crippen molar-refractivity contribution in [1.82, 2.24) is 5.32 Å². The number of dihydropyridines is 1. The van der Waals surface area contributed by atoms with Crippen molar-refractivity contribution in [3.8, 4) is 0 Å². The quantitative estimate of drug-likeness (QED) is 0.816. The summed E-state index contributed by atoms with van der Waals surface area (Å²) in [6.07, 6.45) is 8.60. The van der Waals surface area contributed by atoms with E-state index in [1.165, 1.54) is 6.92 Å². The van der Waals surface area contributed by atoms with Gasteiger partial charge in [-0.1, -0.05) is 30.3 Å². The maximum absolute atomic E-state index is 10.9. The molecular formula is C17H21NO3. The third-order valence-electron chi connectivity index (χ3n) is 3.45. The second-order valence-corrected chi connectivity index (χ2v) is 5.28. The molecule has 1 aliphatic rings. The van der Waals surface area contributed by atoms with Gasteiger partial charge in [0.05, 0.1) is 6.10 Å². The van der Waals surface area contributed by atoms with Crippen LogP contribution in [0.15, 0.2) is 48.7 Å². The summed E-state index contributed by atoms with van der Waals surface area (Å²) in [5, 5.41) is 13.4. The average molecular weight is 287 g/mol. The summed E-state index contributed by atoms with van der Waals surface area (Å²) in [4.78, 5) is 10.9. The van der Waals surface area contributed by atoms with Crippen LogP contribution in [0.3, 0.4) is 0 Å². The molecule has 0 aliphatic carbocycles. The van der Waals surface area contributed by atoms with Crippen molar-refractivity contribution < 1.29 is 14.6 Å². The summed E-state index contributed by atoms with van der Waals surface area (Å²) in [6.45, 7) is 3.31. The number of ether oxygens (including phenoxy) is 1. The molecule has 1 aromatic rings. The number of rotatable bonds is 5. The Bertz CT molecular complexity index is 548. The van der Waals surface area contributed by atoms with E-state index in [4.69, 9.17) is 4.74 Å². The Hall–Kier alpha value is -2.07. The highest BCUT2D eigenvalue weighted by molar-refractivity contribution is 5.66. The number of carbonyl (C=O) groups is 1. The summed E-state index contributed by atoms with van der Waals surface area (Å²) in [6, 6.07) is 7.79.